The zero-order valence-corrected chi connectivity index (χ0v) is 12.0. The predicted molar refractivity (Wildman–Crippen MR) is 75.3 cm³/mol. The summed E-state index contributed by atoms with van der Waals surface area (Å²) in [5.41, 5.74) is 3.21. The molecule has 2 rings (SSSR count). The lowest BCUT2D eigenvalue weighted by Gasteiger charge is -2.17. The smallest absolute Gasteiger partial charge is 0.257 e. The first-order valence-corrected chi connectivity index (χ1v) is 6.38. The molecule has 1 aromatic carbocycles. The second kappa shape index (κ2) is 5.45. The topological polar surface area (TPSA) is 49.0 Å². The summed E-state index contributed by atoms with van der Waals surface area (Å²) < 4.78 is 0. The van der Waals surface area contributed by atoms with Crippen LogP contribution in [0.25, 0.3) is 0 Å². The number of halogens is 1. The molecule has 4 nitrogen and oxygen atoms in total. The molecule has 0 spiro atoms. The Labute approximate surface area is 117 Å². The van der Waals surface area contributed by atoms with E-state index >= 15 is 0 Å². The van der Waals surface area contributed by atoms with E-state index in [0.717, 1.165) is 17.0 Å². The van der Waals surface area contributed by atoms with Crippen LogP contribution in [-0.4, -0.2) is 28.1 Å². The fraction of sp³-hybridized carbons (Fsp3) is 0.286. The molecule has 0 saturated heterocycles. The quantitative estimate of drug-likeness (QED) is 0.938. The van der Waals surface area contributed by atoms with Gasteiger partial charge in [0.15, 0.2) is 0 Å². The van der Waals surface area contributed by atoms with E-state index in [9.17, 15) is 4.79 Å². The molecule has 0 unspecified atom stereocenters. The molecule has 0 radical (unpaired) electrons. The molecule has 1 amide bonds. The molecule has 5 heteroatoms. The monoisotopic (exact) mass is 277 g/mol. The number of carbonyl (C=O) groups is 1. The second-order valence-corrected chi connectivity index (χ2v) is 5.03. The summed E-state index contributed by atoms with van der Waals surface area (Å²) in [5.74, 6) is -0.0290. The molecule has 1 heterocycles. The van der Waals surface area contributed by atoms with E-state index in [-0.39, 0.29) is 5.91 Å². The number of aryl methyl sites for hydroxylation is 2. The van der Waals surface area contributed by atoms with Crippen molar-refractivity contribution in [3.8, 4) is 0 Å². The van der Waals surface area contributed by atoms with Gasteiger partial charge in [0.25, 0.3) is 5.91 Å². The van der Waals surface area contributed by atoms with Crippen molar-refractivity contribution < 1.29 is 4.79 Å². The fourth-order valence-electron chi connectivity index (χ4n) is 1.99. The van der Waals surface area contributed by atoms with E-state index in [1.54, 1.807) is 11.9 Å². The lowest BCUT2D eigenvalue weighted by atomic mass is 10.1. The third kappa shape index (κ3) is 2.96. The molecule has 0 aliphatic rings. The largest absolute Gasteiger partial charge is 0.337 e. The van der Waals surface area contributed by atoms with Gasteiger partial charge in [-0.2, -0.15) is 5.10 Å². The van der Waals surface area contributed by atoms with Gasteiger partial charge in [0.1, 0.15) is 0 Å². The lowest BCUT2D eigenvalue weighted by molar-refractivity contribution is 0.0783. The van der Waals surface area contributed by atoms with Gasteiger partial charge in [0, 0.05) is 24.3 Å². The number of benzene rings is 1. The first kappa shape index (κ1) is 13.6. The number of carbonyl (C=O) groups excluding carboxylic acids is 1. The van der Waals surface area contributed by atoms with Crippen LogP contribution in [-0.2, 0) is 6.54 Å². The van der Waals surface area contributed by atoms with E-state index < -0.39 is 0 Å². The zero-order valence-electron chi connectivity index (χ0n) is 11.2. The van der Waals surface area contributed by atoms with Crippen LogP contribution in [0.2, 0.25) is 5.02 Å². The van der Waals surface area contributed by atoms with Gasteiger partial charge >= 0.3 is 0 Å². The van der Waals surface area contributed by atoms with Crippen LogP contribution in [0.4, 0.5) is 0 Å². The van der Waals surface area contributed by atoms with E-state index in [0.29, 0.717) is 17.1 Å². The van der Waals surface area contributed by atoms with Gasteiger partial charge < -0.3 is 4.90 Å². The van der Waals surface area contributed by atoms with Gasteiger partial charge in [-0.15, -0.1) is 0 Å². The first-order valence-electron chi connectivity index (χ1n) is 6.00. The number of H-pyrrole nitrogens is 1. The highest BCUT2D eigenvalue weighted by Gasteiger charge is 2.19. The Morgan fingerprint density at radius 2 is 1.95 bits per heavy atom. The maximum absolute atomic E-state index is 12.4. The predicted octanol–water partition coefficient (Wildman–Crippen LogP) is 2.95. The molecule has 0 aliphatic heterocycles. The Hall–Kier alpha value is -1.81. The molecule has 19 heavy (non-hydrogen) atoms. The SMILES string of the molecule is Cc1n[nH]c(C)c1C(=O)N(C)Cc1ccc(Cl)cc1. The minimum atomic E-state index is -0.0290. The van der Waals surface area contributed by atoms with Crippen molar-refractivity contribution >= 4 is 17.5 Å². The number of aromatic amines is 1. The maximum atomic E-state index is 12.4. The molecule has 100 valence electrons. The number of aromatic nitrogens is 2. The average Bonchev–Trinajstić information content (AvgIpc) is 2.71. The van der Waals surface area contributed by atoms with Gasteiger partial charge in [-0.05, 0) is 31.5 Å². The Balaban J connectivity index is 2.14. The molecule has 0 aliphatic carbocycles. The third-order valence-electron chi connectivity index (χ3n) is 3.02. The maximum Gasteiger partial charge on any atom is 0.257 e. The van der Waals surface area contributed by atoms with Crippen LogP contribution in [0.1, 0.15) is 27.3 Å². The summed E-state index contributed by atoms with van der Waals surface area (Å²) in [4.78, 5) is 14.0. The molecule has 0 fully saturated rings. The Kier molecular flexibility index (Phi) is 3.90. The highest BCUT2D eigenvalue weighted by atomic mass is 35.5. The van der Waals surface area contributed by atoms with E-state index in [1.165, 1.54) is 0 Å². The summed E-state index contributed by atoms with van der Waals surface area (Å²) in [6.45, 7) is 4.22. The van der Waals surface area contributed by atoms with Gasteiger partial charge in [-0.1, -0.05) is 23.7 Å². The molecular formula is C14H16ClN3O. The lowest BCUT2D eigenvalue weighted by Crippen LogP contribution is -2.27. The molecule has 2 aromatic rings. The number of amides is 1. The minimum absolute atomic E-state index is 0.0290. The summed E-state index contributed by atoms with van der Waals surface area (Å²) in [6.07, 6.45) is 0. The molecular weight excluding hydrogens is 262 g/mol. The van der Waals surface area contributed by atoms with Crippen molar-refractivity contribution in [1.82, 2.24) is 15.1 Å². The Morgan fingerprint density at radius 3 is 2.47 bits per heavy atom. The molecule has 0 saturated carbocycles. The molecule has 0 bridgehead atoms. The first-order chi connectivity index (χ1) is 8.99. The minimum Gasteiger partial charge on any atom is -0.337 e. The highest BCUT2D eigenvalue weighted by Crippen LogP contribution is 2.15. The number of hydrogen-bond donors (Lipinski definition) is 1. The van der Waals surface area contributed by atoms with Crippen LogP contribution in [0, 0.1) is 13.8 Å². The van der Waals surface area contributed by atoms with Crippen molar-refractivity contribution in [3.05, 3.63) is 51.8 Å². The third-order valence-corrected chi connectivity index (χ3v) is 3.27. The van der Waals surface area contributed by atoms with Crippen LogP contribution >= 0.6 is 11.6 Å². The van der Waals surface area contributed by atoms with E-state index in [4.69, 9.17) is 11.6 Å². The number of nitrogens with one attached hydrogen (secondary N) is 1. The molecule has 1 N–H and O–H groups in total. The summed E-state index contributed by atoms with van der Waals surface area (Å²) in [6, 6.07) is 7.48. The Morgan fingerprint density at radius 1 is 1.32 bits per heavy atom. The molecule has 1 aromatic heterocycles. The van der Waals surface area contributed by atoms with Crippen molar-refractivity contribution in [1.29, 1.82) is 0 Å². The van der Waals surface area contributed by atoms with Gasteiger partial charge in [-0.3, -0.25) is 9.89 Å². The molecule has 0 atom stereocenters. The van der Waals surface area contributed by atoms with Gasteiger partial charge in [-0.25, -0.2) is 0 Å². The standard InChI is InChI=1S/C14H16ClN3O/c1-9-13(10(2)17-16-9)14(19)18(3)8-11-4-6-12(15)7-5-11/h4-7H,8H2,1-3H3,(H,16,17). The van der Waals surface area contributed by atoms with Gasteiger partial charge in [0.2, 0.25) is 0 Å². The van der Waals surface area contributed by atoms with Crippen LogP contribution in [0.3, 0.4) is 0 Å². The zero-order chi connectivity index (χ0) is 14.0. The van der Waals surface area contributed by atoms with E-state index in [1.807, 2.05) is 38.1 Å². The van der Waals surface area contributed by atoms with Crippen molar-refractivity contribution in [2.45, 2.75) is 20.4 Å². The fourth-order valence-corrected chi connectivity index (χ4v) is 2.12. The van der Waals surface area contributed by atoms with Crippen molar-refractivity contribution in [2.24, 2.45) is 0 Å². The average molecular weight is 278 g/mol. The Bertz CT molecular complexity index is 570. The number of hydrogen-bond acceptors (Lipinski definition) is 2. The van der Waals surface area contributed by atoms with Crippen molar-refractivity contribution in [3.63, 3.8) is 0 Å². The summed E-state index contributed by atoms with van der Waals surface area (Å²) in [7, 11) is 1.78. The number of rotatable bonds is 3. The van der Waals surface area contributed by atoms with Crippen LogP contribution in [0.15, 0.2) is 24.3 Å². The van der Waals surface area contributed by atoms with Crippen molar-refractivity contribution in [2.75, 3.05) is 7.05 Å². The van der Waals surface area contributed by atoms with Gasteiger partial charge in [0.05, 0.1) is 11.3 Å². The summed E-state index contributed by atoms with van der Waals surface area (Å²) in [5, 5.41) is 7.57. The highest BCUT2D eigenvalue weighted by molar-refractivity contribution is 6.30. The van der Waals surface area contributed by atoms with Crippen LogP contribution < -0.4 is 0 Å². The van der Waals surface area contributed by atoms with Crippen LogP contribution in [0.5, 0.6) is 0 Å². The summed E-state index contributed by atoms with van der Waals surface area (Å²) >= 11 is 5.84. The number of nitrogens with zero attached hydrogens (tertiary/aromatic N) is 2. The second-order valence-electron chi connectivity index (χ2n) is 4.60. The normalized spacial score (nSPS) is 10.5. The van der Waals surface area contributed by atoms with E-state index in [2.05, 4.69) is 10.2 Å².